The summed E-state index contributed by atoms with van der Waals surface area (Å²) in [5.41, 5.74) is 0. The molecule has 0 heterocycles. The Hall–Kier alpha value is 0. The maximum absolute atomic E-state index is 4.27. The van der Waals surface area contributed by atoms with Crippen LogP contribution in [0.5, 0.6) is 0 Å². The Kier molecular flexibility index (Phi) is 11.5. The summed E-state index contributed by atoms with van der Waals surface area (Å²) in [5.74, 6) is 1.60. The molecule has 1 atom stereocenters. The standard InChI is InChI=1S/C16H33/c1-5-6-7-10-13-16(4)14-11-8-9-12-15(2)3/h15-16H,4-14H2,1-3H3. The van der Waals surface area contributed by atoms with Crippen molar-refractivity contribution in [3.8, 4) is 0 Å². The fourth-order valence-corrected chi connectivity index (χ4v) is 2.17. The number of rotatable bonds is 11. The fourth-order valence-electron chi connectivity index (χ4n) is 2.17. The van der Waals surface area contributed by atoms with Crippen LogP contribution in [0.25, 0.3) is 0 Å². The molecule has 16 heavy (non-hydrogen) atoms. The molecule has 0 bridgehead atoms. The van der Waals surface area contributed by atoms with E-state index in [9.17, 15) is 0 Å². The lowest BCUT2D eigenvalue weighted by Gasteiger charge is -2.11. The van der Waals surface area contributed by atoms with E-state index in [1.165, 1.54) is 64.2 Å². The highest BCUT2D eigenvalue weighted by molar-refractivity contribution is 4.62. The van der Waals surface area contributed by atoms with Crippen molar-refractivity contribution < 1.29 is 0 Å². The van der Waals surface area contributed by atoms with Crippen LogP contribution in [0.3, 0.4) is 0 Å². The van der Waals surface area contributed by atoms with Crippen molar-refractivity contribution in [2.24, 2.45) is 11.8 Å². The SMILES string of the molecule is [CH2]C(CCCCCC)CCCCCC(C)C. The van der Waals surface area contributed by atoms with Gasteiger partial charge in [0.25, 0.3) is 0 Å². The van der Waals surface area contributed by atoms with Gasteiger partial charge in [0.2, 0.25) is 0 Å². The first-order chi connectivity index (χ1) is 7.66. The Morgan fingerprint density at radius 1 is 0.750 bits per heavy atom. The Labute approximate surface area is 104 Å². The Balaban J connectivity index is 3.14. The van der Waals surface area contributed by atoms with Crippen molar-refractivity contribution in [3.63, 3.8) is 0 Å². The highest BCUT2D eigenvalue weighted by Gasteiger charge is 2.02. The smallest absolute Gasteiger partial charge is 0.0414 e. The third-order valence-corrected chi connectivity index (χ3v) is 3.36. The fraction of sp³-hybridized carbons (Fsp3) is 0.938. The van der Waals surface area contributed by atoms with Gasteiger partial charge in [-0.25, -0.2) is 0 Å². The molecule has 0 aliphatic heterocycles. The molecule has 0 aliphatic carbocycles. The summed E-state index contributed by atoms with van der Waals surface area (Å²) in [6, 6.07) is 0. The van der Waals surface area contributed by atoms with Gasteiger partial charge < -0.3 is 0 Å². The molecule has 0 aromatic heterocycles. The van der Waals surface area contributed by atoms with Crippen molar-refractivity contribution in [1.82, 2.24) is 0 Å². The maximum Gasteiger partial charge on any atom is -0.0414 e. The quantitative estimate of drug-likeness (QED) is 0.377. The topological polar surface area (TPSA) is 0 Å². The summed E-state index contributed by atoms with van der Waals surface area (Å²) in [6.45, 7) is 11.2. The van der Waals surface area contributed by atoms with E-state index in [1.54, 1.807) is 0 Å². The highest BCUT2D eigenvalue weighted by Crippen LogP contribution is 2.17. The van der Waals surface area contributed by atoms with Gasteiger partial charge in [-0.3, -0.25) is 0 Å². The lowest BCUT2D eigenvalue weighted by molar-refractivity contribution is 0.456. The summed E-state index contributed by atoms with van der Waals surface area (Å²) in [4.78, 5) is 0. The molecule has 0 nitrogen and oxygen atoms in total. The molecule has 0 aliphatic rings. The highest BCUT2D eigenvalue weighted by atomic mass is 14.1. The predicted octanol–water partition coefficient (Wildman–Crippen LogP) is 6.01. The third kappa shape index (κ3) is 12.1. The third-order valence-electron chi connectivity index (χ3n) is 3.36. The van der Waals surface area contributed by atoms with E-state index in [0.717, 1.165) is 11.8 Å². The van der Waals surface area contributed by atoms with E-state index in [0.29, 0.717) is 0 Å². The molecule has 0 fully saturated rings. The Morgan fingerprint density at radius 3 is 1.75 bits per heavy atom. The molecule has 0 aromatic carbocycles. The van der Waals surface area contributed by atoms with Crippen molar-refractivity contribution in [2.75, 3.05) is 0 Å². The second kappa shape index (κ2) is 11.5. The van der Waals surface area contributed by atoms with Crippen LogP contribution in [-0.4, -0.2) is 0 Å². The number of unbranched alkanes of at least 4 members (excludes halogenated alkanes) is 5. The minimum Gasteiger partial charge on any atom is -0.0654 e. The number of hydrogen-bond acceptors (Lipinski definition) is 0. The van der Waals surface area contributed by atoms with Gasteiger partial charge in [0.05, 0.1) is 0 Å². The van der Waals surface area contributed by atoms with Crippen LogP contribution in [-0.2, 0) is 0 Å². The van der Waals surface area contributed by atoms with E-state index in [4.69, 9.17) is 0 Å². The lowest BCUT2D eigenvalue weighted by Crippen LogP contribution is -1.96. The van der Waals surface area contributed by atoms with E-state index < -0.39 is 0 Å². The van der Waals surface area contributed by atoms with Gasteiger partial charge in [-0.1, -0.05) is 91.9 Å². The molecular formula is C16H33. The zero-order chi connectivity index (χ0) is 12.2. The summed E-state index contributed by atoms with van der Waals surface area (Å²) in [7, 11) is 0. The summed E-state index contributed by atoms with van der Waals surface area (Å²) in [6.07, 6.45) is 13.9. The molecule has 0 saturated carbocycles. The molecular weight excluding hydrogens is 192 g/mol. The van der Waals surface area contributed by atoms with Crippen LogP contribution in [0.1, 0.15) is 85.0 Å². The average molecular weight is 225 g/mol. The van der Waals surface area contributed by atoms with Gasteiger partial charge >= 0.3 is 0 Å². The van der Waals surface area contributed by atoms with Gasteiger partial charge in [-0.05, 0) is 11.8 Å². The predicted molar refractivity (Wildman–Crippen MR) is 75.5 cm³/mol. The molecule has 0 saturated heterocycles. The second-order valence-corrected chi connectivity index (χ2v) is 5.75. The van der Waals surface area contributed by atoms with Crippen molar-refractivity contribution in [2.45, 2.75) is 85.0 Å². The molecule has 1 unspecified atom stereocenters. The van der Waals surface area contributed by atoms with E-state index in [1.807, 2.05) is 0 Å². The van der Waals surface area contributed by atoms with Crippen LogP contribution in [0.4, 0.5) is 0 Å². The first-order valence-electron chi connectivity index (χ1n) is 7.49. The summed E-state index contributed by atoms with van der Waals surface area (Å²) < 4.78 is 0. The second-order valence-electron chi connectivity index (χ2n) is 5.75. The van der Waals surface area contributed by atoms with Crippen molar-refractivity contribution >= 4 is 0 Å². The normalized spacial score (nSPS) is 13.3. The lowest BCUT2D eigenvalue weighted by atomic mass is 9.95. The van der Waals surface area contributed by atoms with Crippen LogP contribution in [0.2, 0.25) is 0 Å². The molecule has 0 amide bonds. The molecule has 0 rings (SSSR count). The molecule has 1 radical (unpaired) electrons. The zero-order valence-electron chi connectivity index (χ0n) is 11.9. The minimum atomic E-state index is 0.718. The van der Waals surface area contributed by atoms with E-state index in [-0.39, 0.29) is 0 Å². The molecule has 0 aromatic rings. The van der Waals surface area contributed by atoms with Gasteiger partial charge in [0.1, 0.15) is 0 Å². The van der Waals surface area contributed by atoms with Crippen LogP contribution in [0.15, 0.2) is 0 Å². The Bertz CT molecular complexity index is 126. The van der Waals surface area contributed by atoms with Crippen LogP contribution < -0.4 is 0 Å². The van der Waals surface area contributed by atoms with Gasteiger partial charge in [0, 0.05) is 0 Å². The van der Waals surface area contributed by atoms with Crippen molar-refractivity contribution in [3.05, 3.63) is 6.92 Å². The molecule has 0 spiro atoms. The van der Waals surface area contributed by atoms with Gasteiger partial charge in [-0.15, -0.1) is 0 Å². The minimum absolute atomic E-state index is 0.718. The Morgan fingerprint density at radius 2 is 1.25 bits per heavy atom. The average Bonchev–Trinajstić information content (AvgIpc) is 2.23. The first kappa shape index (κ1) is 16.0. The molecule has 0 heteroatoms. The maximum atomic E-state index is 4.27. The summed E-state index contributed by atoms with van der Waals surface area (Å²) in [5, 5.41) is 0. The summed E-state index contributed by atoms with van der Waals surface area (Å²) >= 11 is 0. The molecule has 0 N–H and O–H groups in total. The van der Waals surface area contributed by atoms with E-state index >= 15 is 0 Å². The van der Waals surface area contributed by atoms with Crippen LogP contribution >= 0.6 is 0 Å². The monoisotopic (exact) mass is 225 g/mol. The number of hydrogen-bond donors (Lipinski definition) is 0. The molecule has 97 valence electrons. The van der Waals surface area contributed by atoms with Crippen molar-refractivity contribution in [1.29, 1.82) is 0 Å². The zero-order valence-corrected chi connectivity index (χ0v) is 11.9. The van der Waals surface area contributed by atoms with Crippen LogP contribution in [0, 0.1) is 18.8 Å². The first-order valence-corrected chi connectivity index (χ1v) is 7.49. The largest absolute Gasteiger partial charge is 0.0654 e. The van der Waals surface area contributed by atoms with Gasteiger partial charge in [0.15, 0.2) is 0 Å². The van der Waals surface area contributed by atoms with Gasteiger partial charge in [-0.2, -0.15) is 0 Å². The van der Waals surface area contributed by atoms with E-state index in [2.05, 4.69) is 27.7 Å².